The molecule has 2 aromatic carbocycles. The van der Waals surface area contributed by atoms with Gasteiger partial charge in [0.2, 0.25) is 0 Å². The molecule has 3 rings (SSSR count). The minimum Gasteiger partial charge on any atom is -0.508 e. The van der Waals surface area contributed by atoms with Crippen LogP contribution in [0.3, 0.4) is 0 Å². The van der Waals surface area contributed by atoms with Crippen molar-refractivity contribution < 1.29 is 9.50 Å². The Hall–Kier alpha value is -2.40. The van der Waals surface area contributed by atoms with Crippen molar-refractivity contribution in [2.75, 3.05) is 0 Å². The lowest BCUT2D eigenvalue weighted by Gasteiger charge is -2.05. The van der Waals surface area contributed by atoms with Crippen LogP contribution in [0.25, 0.3) is 11.0 Å². The average molecular weight is 271 g/mol. The maximum atomic E-state index is 13.1. The van der Waals surface area contributed by atoms with E-state index in [1.54, 1.807) is 0 Å². The summed E-state index contributed by atoms with van der Waals surface area (Å²) in [5.41, 5.74) is 2.43. The molecule has 0 radical (unpaired) electrons. The molecule has 1 aromatic heterocycles. The number of halogens is 1. The lowest BCUT2D eigenvalue weighted by Crippen LogP contribution is -2.13. The minimum absolute atomic E-state index is 0.0866. The van der Waals surface area contributed by atoms with E-state index in [4.69, 9.17) is 0 Å². The zero-order chi connectivity index (χ0) is 13.9. The molecule has 20 heavy (non-hydrogen) atoms. The Morgan fingerprint density at radius 3 is 2.85 bits per heavy atom. The Kier molecular flexibility index (Phi) is 3.35. The molecule has 1 heterocycles. The first-order valence-corrected chi connectivity index (χ1v) is 6.34. The molecule has 4 nitrogen and oxygen atoms in total. The molecule has 0 atom stereocenters. The Morgan fingerprint density at radius 2 is 2.00 bits per heavy atom. The average Bonchev–Trinajstić information content (AvgIpc) is 2.85. The van der Waals surface area contributed by atoms with E-state index in [9.17, 15) is 9.50 Å². The Labute approximate surface area is 115 Å². The van der Waals surface area contributed by atoms with E-state index in [2.05, 4.69) is 15.3 Å². The van der Waals surface area contributed by atoms with Gasteiger partial charge in [-0.15, -0.1) is 0 Å². The largest absolute Gasteiger partial charge is 0.508 e. The number of rotatable bonds is 4. The summed E-state index contributed by atoms with van der Waals surface area (Å²) in [7, 11) is 0. The second-order valence-electron chi connectivity index (χ2n) is 4.58. The highest BCUT2D eigenvalue weighted by Gasteiger charge is 2.04. The highest BCUT2D eigenvalue weighted by Crippen LogP contribution is 2.17. The van der Waals surface area contributed by atoms with E-state index in [1.165, 1.54) is 18.2 Å². The number of hydrogen-bond acceptors (Lipinski definition) is 3. The van der Waals surface area contributed by atoms with Crippen molar-refractivity contribution in [3.63, 3.8) is 0 Å². The maximum absolute atomic E-state index is 13.1. The maximum Gasteiger partial charge on any atom is 0.123 e. The summed E-state index contributed by atoms with van der Waals surface area (Å²) >= 11 is 0. The van der Waals surface area contributed by atoms with Gasteiger partial charge in [0.05, 0.1) is 17.6 Å². The number of phenols is 1. The molecule has 0 aliphatic carbocycles. The van der Waals surface area contributed by atoms with Crippen LogP contribution in [-0.2, 0) is 13.1 Å². The number of aromatic amines is 1. The van der Waals surface area contributed by atoms with Gasteiger partial charge in [0.1, 0.15) is 17.4 Å². The summed E-state index contributed by atoms with van der Waals surface area (Å²) in [6, 6.07) is 11.7. The van der Waals surface area contributed by atoms with E-state index in [0.29, 0.717) is 18.7 Å². The number of phenolic OH excluding ortho intramolecular Hbond substituents is 1. The SMILES string of the molecule is Oc1ccc(F)cc1CNCc1nc2ccccc2[nH]1. The molecular weight excluding hydrogens is 257 g/mol. The molecule has 0 fully saturated rings. The number of benzene rings is 2. The van der Waals surface area contributed by atoms with Crippen molar-refractivity contribution in [2.24, 2.45) is 0 Å². The van der Waals surface area contributed by atoms with Crippen LogP contribution in [0.5, 0.6) is 5.75 Å². The molecule has 0 unspecified atom stereocenters. The summed E-state index contributed by atoms with van der Waals surface area (Å²) < 4.78 is 13.1. The van der Waals surface area contributed by atoms with Crippen molar-refractivity contribution in [1.29, 1.82) is 0 Å². The summed E-state index contributed by atoms with van der Waals surface area (Å²) in [5.74, 6) is 0.536. The van der Waals surface area contributed by atoms with E-state index < -0.39 is 0 Å². The molecule has 3 aromatic rings. The van der Waals surface area contributed by atoms with E-state index in [1.807, 2.05) is 24.3 Å². The van der Waals surface area contributed by atoms with E-state index in [0.717, 1.165) is 16.9 Å². The normalized spacial score (nSPS) is 11.1. The first-order chi connectivity index (χ1) is 9.72. The summed E-state index contributed by atoms with van der Waals surface area (Å²) in [6.07, 6.45) is 0. The first kappa shape index (κ1) is 12.6. The van der Waals surface area contributed by atoms with Crippen LogP contribution in [0.2, 0.25) is 0 Å². The molecule has 3 N–H and O–H groups in total. The lowest BCUT2D eigenvalue weighted by atomic mass is 10.2. The van der Waals surface area contributed by atoms with Gasteiger partial charge in [-0.1, -0.05) is 12.1 Å². The van der Waals surface area contributed by atoms with Gasteiger partial charge in [-0.05, 0) is 30.3 Å². The van der Waals surface area contributed by atoms with Gasteiger partial charge in [0, 0.05) is 12.1 Å². The van der Waals surface area contributed by atoms with Gasteiger partial charge < -0.3 is 15.4 Å². The molecule has 5 heteroatoms. The monoisotopic (exact) mass is 271 g/mol. The van der Waals surface area contributed by atoms with Crippen LogP contribution in [0.15, 0.2) is 42.5 Å². The predicted octanol–water partition coefficient (Wildman–Crippen LogP) is 2.70. The zero-order valence-corrected chi connectivity index (χ0v) is 10.7. The Balaban J connectivity index is 1.66. The molecule has 0 amide bonds. The minimum atomic E-state index is -0.358. The molecule has 0 aliphatic rings. The Bertz CT molecular complexity index is 706. The smallest absolute Gasteiger partial charge is 0.123 e. The molecule has 0 aliphatic heterocycles. The lowest BCUT2D eigenvalue weighted by molar-refractivity contribution is 0.461. The number of para-hydroxylation sites is 2. The highest BCUT2D eigenvalue weighted by molar-refractivity contribution is 5.74. The van der Waals surface area contributed by atoms with Crippen LogP contribution in [0, 0.1) is 5.82 Å². The zero-order valence-electron chi connectivity index (χ0n) is 10.7. The molecule has 0 spiro atoms. The number of hydrogen-bond donors (Lipinski definition) is 3. The fourth-order valence-corrected chi connectivity index (χ4v) is 2.10. The summed E-state index contributed by atoms with van der Waals surface area (Å²) in [4.78, 5) is 7.63. The van der Waals surface area contributed by atoms with Gasteiger partial charge in [0.15, 0.2) is 0 Å². The van der Waals surface area contributed by atoms with Crippen molar-refractivity contribution in [3.05, 3.63) is 59.7 Å². The highest BCUT2D eigenvalue weighted by atomic mass is 19.1. The van der Waals surface area contributed by atoms with Crippen molar-refractivity contribution in [1.82, 2.24) is 15.3 Å². The Morgan fingerprint density at radius 1 is 1.15 bits per heavy atom. The second kappa shape index (κ2) is 5.30. The van der Waals surface area contributed by atoms with Crippen molar-refractivity contribution in [2.45, 2.75) is 13.1 Å². The van der Waals surface area contributed by atoms with E-state index >= 15 is 0 Å². The predicted molar refractivity (Wildman–Crippen MR) is 74.7 cm³/mol. The van der Waals surface area contributed by atoms with Crippen LogP contribution >= 0.6 is 0 Å². The topological polar surface area (TPSA) is 60.9 Å². The van der Waals surface area contributed by atoms with E-state index in [-0.39, 0.29) is 11.6 Å². The number of aromatic hydroxyl groups is 1. The number of imidazole rings is 1. The van der Waals surface area contributed by atoms with Crippen LogP contribution in [0.1, 0.15) is 11.4 Å². The van der Waals surface area contributed by atoms with Crippen LogP contribution in [-0.4, -0.2) is 15.1 Å². The van der Waals surface area contributed by atoms with Crippen LogP contribution in [0.4, 0.5) is 4.39 Å². The van der Waals surface area contributed by atoms with Crippen LogP contribution < -0.4 is 5.32 Å². The summed E-state index contributed by atoms with van der Waals surface area (Å²) in [6.45, 7) is 0.894. The van der Waals surface area contributed by atoms with Gasteiger partial charge in [-0.3, -0.25) is 0 Å². The van der Waals surface area contributed by atoms with Gasteiger partial charge in [0.25, 0.3) is 0 Å². The second-order valence-corrected chi connectivity index (χ2v) is 4.58. The standard InChI is InChI=1S/C15H14FN3O/c16-11-5-6-14(20)10(7-11)8-17-9-15-18-12-3-1-2-4-13(12)19-15/h1-7,17,20H,8-9H2,(H,18,19). The third-order valence-electron chi connectivity index (χ3n) is 3.09. The van der Waals surface area contributed by atoms with Gasteiger partial charge in [-0.25, -0.2) is 9.37 Å². The number of H-pyrrole nitrogens is 1. The molecule has 0 saturated heterocycles. The third-order valence-corrected chi connectivity index (χ3v) is 3.09. The quantitative estimate of drug-likeness (QED) is 0.683. The van der Waals surface area contributed by atoms with Gasteiger partial charge in [-0.2, -0.15) is 0 Å². The molecule has 102 valence electrons. The fraction of sp³-hybridized carbons (Fsp3) is 0.133. The molecule has 0 bridgehead atoms. The van der Waals surface area contributed by atoms with Crippen molar-refractivity contribution in [3.8, 4) is 5.75 Å². The number of aromatic nitrogens is 2. The van der Waals surface area contributed by atoms with Gasteiger partial charge >= 0.3 is 0 Å². The number of nitrogens with one attached hydrogen (secondary N) is 2. The third kappa shape index (κ3) is 2.62. The number of nitrogens with zero attached hydrogens (tertiary/aromatic N) is 1. The molecule has 0 saturated carbocycles. The first-order valence-electron chi connectivity index (χ1n) is 6.34. The molecular formula is C15H14FN3O. The fourth-order valence-electron chi connectivity index (χ4n) is 2.10. The summed E-state index contributed by atoms with van der Waals surface area (Å²) in [5, 5.41) is 12.7. The number of fused-ring (bicyclic) bond motifs is 1. The van der Waals surface area contributed by atoms with Crippen molar-refractivity contribution >= 4 is 11.0 Å².